The van der Waals surface area contributed by atoms with Gasteiger partial charge in [-0.05, 0) is 43.0 Å². The number of aliphatic imine (C=N–C) groups is 1. The van der Waals surface area contributed by atoms with Crippen molar-refractivity contribution in [1.29, 1.82) is 0 Å². The topological polar surface area (TPSA) is 66.0 Å². The number of nitrogens with one attached hydrogen (secondary N) is 2. The third-order valence-electron chi connectivity index (χ3n) is 4.99. The molecule has 1 fully saturated rings. The van der Waals surface area contributed by atoms with Gasteiger partial charge in [0.2, 0.25) is 0 Å². The van der Waals surface area contributed by atoms with Gasteiger partial charge in [-0.1, -0.05) is 42.5 Å². The smallest absolute Gasteiger partial charge is 0.409 e. The highest BCUT2D eigenvalue weighted by atomic mass is 16.6. The molecule has 0 unspecified atom stereocenters. The van der Waals surface area contributed by atoms with Crippen molar-refractivity contribution >= 4 is 22.8 Å². The Labute approximate surface area is 167 Å². The second kappa shape index (κ2) is 9.97. The van der Waals surface area contributed by atoms with Gasteiger partial charge < -0.3 is 20.3 Å². The molecular weight excluding hydrogens is 352 g/mol. The van der Waals surface area contributed by atoms with Crippen LogP contribution in [0.1, 0.15) is 32.3 Å². The molecule has 0 saturated carbocycles. The number of carbonyl (C=O) groups excluding carboxylic acids is 1. The Morgan fingerprint density at radius 2 is 1.89 bits per heavy atom. The zero-order valence-electron chi connectivity index (χ0n) is 16.8. The first-order valence-electron chi connectivity index (χ1n) is 10.1. The number of guanidine groups is 1. The quantitative estimate of drug-likeness (QED) is 0.613. The Hall–Kier alpha value is -2.76. The minimum atomic E-state index is -0.211. The first-order chi connectivity index (χ1) is 13.7. The van der Waals surface area contributed by atoms with E-state index in [0.29, 0.717) is 32.3 Å². The summed E-state index contributed by atoms with van der Waals surface area (Å²) in [5.41, 5.74) is 1.22. The SMILES string of the molecule is CCNC(=NCc1cccc2ccccc12)NC1CCN(C(=O)OCC)CC1. The van der Waals surface area contributed by atoms with E-state index in [1.807, 2.05) is 6.92 Å². The second-order valence-electron chi connectivity index (χ2n) is 6.94. The van der Waals surface area contributed by atoms with Crippen molar-refractivity contribution in [2.45, 2.75) is 39.3 Å². The Morgan fingerprint density at radius 1 is 1.14 bits per heavy atom. The number of piperidine rings is 1. The minimum Gasteiger partial charge on any atom is -0.450 e. The number of carbonyl (C=O) groups is 1. The fourth-order valence-corrected chi connectivity index (χ4v) is 3.53. The van der Waals surface area contributed by atoms with Gasteiger partial charge in [-0.2, -0.15) is 0 Å². The molecule has 28 heavy (non-hydrogen) atoms. The van der Waals surface area contributed by atoms with Crippen LogP contribution in [0, 0.1) is 0 Å². The standard InChI is InChI=1S/C22H30N4O2/c1-3-23-21(25-19-12-14-26(15-13-19)22(27)28-4-2)24-16-18-10-7-9-17-8-5-6-11-20(17)18/h5-11,19H,3-4,12-16H2,1-2H3,(H2,23,24,25). The number of ether oxygens (including phenoxy) is 1. The molecule has 6 heteroatoms. The minimum absolute atomic E-state index is 0.211. The number of rotatable bonds is 5. The van der Waals surface area contributed by atoms with Crippen LogP contribution in [-0.4, -0.2) is 49.2 Å². The molecule has 1 saturated heterocycles. The van der Waals surface area contributed by atoms with Gasteiger partial charge in [0.05, 0.1) is 13.2 Å². The van der Waals surface area contributed by atoms with E-state index in [2.05, 4.69) is 60.0 Å². The molecule has 150 valence electrons. The number of hydrogen-bond acceptors (Lipinski definition) is 3. The van der Waals surface area contributed by atoms with Gasteiger partial charge in [-0.25, -0.2) is 9.79 Å². The summed E-state index contributed by atoms with van der Waals surface area (Å²) in [7, 11) is 0. The number of hydrogen-bond donors (Lipinski definition) is 2. The molecule has 1 amide bonds. The van der Waals surface area contributed by atoms with Crippen LogP contribution in [0.25, 0.3) is 10.8 Å². The Balaban J connectivity index is 1.61. The highest BCUT2D eigenvalue weighted by molar-refractivity contribution is 5.86. The van der Waals surface area contributed by atoms with Crippen molar-refractivity contribution in [1.82, 2.24) is 15.5 Å². The van der Waals surface area contributed by atoms with Gasteiger partial charge in [-0.3, -0.25) is 0 Å². The highest BCUT2D eigenvalue weighted by Gasteiger charge is 2.24. The van der Waals surface area contributed by atoms with E-state index in [0.717, 1.165) is 25.3 Å². The molecule has 0 radical (unpaired) electrons. The Kier molecular flexibility index (Phi) is 7.12. The number of likely N-dealkylation sites (tertiary alicyclic amines) is 1. The number of nitrogens with zero attached hydrogens (tertiary/aromatic N) is 2. The summed E-state index contributed by atoms with van der Waals surface area (Å²) in [6, 6.07) is 15.0. The predicted octanol–water partition coefficient (Wildman–Crippen LogP) is 3.52. The highest BCUT2D eigenvalue weighted by Crippen LogP contribution is 2.19. The number of benzene rings is 2. The summed E-state index contributed by atoms with van der Waals surface area (Å²) in [6.07, 6.45) is 1.56. The third-order valence-corrected chi connectivity index (χ3v) is 4.99. The molecule has 0 aliphatic carbocycles. The van der Waals surface area contributed by atoms with Gasteiger partial charge in [0.25, 0.3) is 0 Å². The van der Waals surface area contributed by atoms with Crippen molar-refractivity contribution < 1.29 is 9.53 Å². The molecule has 3 rings (SSSR count). The zero-order valence-corrected chi connectivity index (χ0v) is 16.8. The molecule has 1 aliphatic rings. The molecule has 0 atom stereocenters. The lowest BCUT2D eigenvalue weighted by Crippen LogP contribution is -2.49. The van der Waals surface area contributed by atoms with E-state index in [1.165, 1.54) is 16.3 Å². The Bertz CT molecular complexity index is 808. The van der Waals surface area contributed by atoms with Gasteiger partial charge in [-0.15, -0.1) is 0 Å². The fourth-order valence-electron chi connectivity index (χ4n) is 3.53. The first kappa shape index (κ1) is 20.0. The largest absolute Gasteiger partial charge is 0.450 e. The lowest BCUT2D eigenvalue weighted by Gasteiger charge is -2.32. The molecule has 1 aliphatic heterocycles. The lowest BCUT2D eigenvalue weighted by molar-refractivity contribution is 0.0963. The monoisotopic (exact) mass is 382 g/mol. The van der Waals surface area contributed by atoms with Crippen molar-refractivity contribution in [3.8, 4) is 0 Å². The van der Waals surface area contributed by atoms with Crippen LogP contribution in [0.4, 0.5) is 4.79 Å². The zero-order chi connectivity index (χ0) is 19.8. The van der Waals surface area contributed by atoms with E-state index in [-0.39, 0.29) is 6.09 Å². The van der Waals surface area contributed by atoms with Crippen LogP contribution >= 0.6 is 0 Å². The van der Waals surface area contributed by atoms with Gasteiger partial charge in [0.1, 0.15) is 0 Å². The van der Waals surface area contributed by atoms with E-state index < -0.39 is 0 Å². The molecule has 6 nitrogen and oxygen atoms in total. The van der Waals surface area contributed by atoms with Crippen LogP contribution < -0.4 is 10.6 Å². The average Bonchev–Trinajstić information content (AvgIpc) is 2.73. The summed E-state index contributed by atoms with van der Waals surface area (Å²) in [5.74, 6) is 0.824. The maximum Gasteiger partial charge on any atom is 0.409 e. The molecular formula is C22H30N4O2. The van der Waals surface area contributed by atoms with Crippen LogP contribution in [0.3, 0.4) is 0 Å². The lowest BCUT2D eigenvalue weighted by atomic mass is 10.0. The summed E-state index contributed by atoms with van der Waals surface area (Å²) < 4.78 is 5.09. The van der Waals surface area contributed by atoms with Crippen molar-refractivity contribution in [3.63, 3.8) is 0 Å². The molecule has 0 bridgehead atoms. The van der Waals surface area contributed by atoms with Crippen LogP contribution in [0.5, 0.6) is 0 Å². The van der Waals surface area contributed by atoms with Gasteiger partial charge in [0.15, 0.2) is 5.96 Å². The normalized spacial score (nSPS) is 15.5. The van der Waals surface area contributed by atoms with Crippen molar-refractivity contribution in [2.75, 3.05) is 26.2 Å². The fraction of sp³-hybridized carbons (Fsp3) is 0.455. The molecule has 2 aromatic carbocycles. The summed E-state index contributed by atoms with van der Waals surface area (Å²) in [6.45, 7) is 7.17. The molecule has 0 aromatic heterocycles. The van der Waals surface area contributed by atoms with E-state index in [1.54, 1.807) is 4.90 Å². The maximum absolute atomic E-state index is 11.8. The average molecular weight is 383 g/mol. The van der Waals surface area contributed by atoms with Crippen molar-refractivity contribution in [3.05, 3.63) is 48.0 Å². The van der Waals surface area contributed by atoms with Crippen LogP contribution in [-0.2, 0) is 11.3 Å². The van der Waals surface area contributed by atoms with Gasteiger partial charge in [0, 0.05) is 25.7 Å². The van der Waals surface area contributed by atoms with Crippen LogP contribution in [0.2, 0.25) is 0 Å². The summed E-state index contributed by atoms with van der Waals surface area (Å²) in [4.78, 5) is 18.4. The maximum atomic E-state index is 11.8. The Morgan fingerprint density at radius 3 is 2.64 bits per heavy atom. The third kappa shape index (κ3) is 5.15. The van der Waals surface area contributed by atoms with E-state index in [9.17, 15) is 4.79 Å². The summed E-state index contributed by atoms with van der Waals surface area (Å²) >= 11 is 0. The number of fused-ring (bicyclic) bond motifs is 1. The summed E-state index contributed by atoms with van der Waals surface area (Å²) in [5, 5.41) is 9.34. The van der Waals surface area contributed by atoms with E-state index >= 15 is 0 Å². The number of amides is 1. The van der Waals surface area contributed by atoms with Gasteiger partial charge >= 0.3 is 6.09 Å². The van der Waals surface area contributed by atoms with E-state index in [4.69, 9.17) is 9.73 Å². The molecule has 2 aromatic rings. The van der Waals surface area contributed by atoms with Crippen molar-refractivity contribution in [2.24, 2.45) is 4.99 Å². The molecule has 0 spiro atoms. The molecule has 1 heterocycles. The first-order valence-corrected chi connectivity index (χ1v) is 10.1. The predicted molar refractivity (Wildman–Crippen MR) is 114 cm³/mol. The molecule has 2 N–H and O–H groups in total. The van der Waals surface area contributed by atoms with Crippen LogP contribution in [0.15, 0.2) is 47.5 Å². The second-order valence-corrected chi connectivity index (χ2v) is 6.94.